The number of carbonyl (C=O) groups is 1. The highest BCUT2D eigenvalue weighted by atomic mass is 16.4. The summed E-state index contributed by atoms with van der Waals surface area (Å²) < 4.78 is 5.24. The van der Waals surface area contributed by atoms with Crippen LogP contribution in [0.3, 0.4) is 0 Å². The molecule has 0 atom stereocenters. The van der Waals surface area contributed by atoms with Crippen LogP contribution in [0, 0.1) is 12.8 Å². The molecule has 0 bridgehead atoms. The third-order valence-electron chi connectivity index (χ3n) is 2.53. The molecule has 2 rings (SSSR count). The van der Waals surface area contributed by atoms with Gasteiger partial charge in [-0.1, -0.05) is 0 Å². The summed E-state index contributed by atoms with van der Waals surface area (Å²) in [5.74, 6) is 1.40. The number of rotatable bonds is 2. The molecule has 0 unspecified atom stereocenters. The zero-order valence-corrected chi connectivity index (χ0v) is 8.12. The Labute approximate surface area is 82.5 Å². The number of hydrogen-bond acceptors (Lipinski definition) is 3. The summed E-state index contributed by atoms with van der Waals surface area (Å²) in [5.41, 5.74) is 5.60. The average molecular weight is 194 g/mol. The zero-order valence-electron chi connectivity index (χ0n) is 8.12. The second-order valence-corrected chi connectivity index (χ2v) is 3.83. The molecule has 0 aromatic carbocycles. The lowest BCUT2D eigenvalue weighted by atomic mass is 9.80. The molecule has 0 aliphatic heterocycles. The molecular formula is C10H14N2O2. The summed E-state index contributed by atoms with van der Waals surface area (Å²) in [7, 11) is 0. The lowest BCUT2D eigenvalue weighted by Gasteiger charge is -2.30. The van der Waals surface area contributed by atoms with E-state index in [0.29, 0.717) is 5.88 Å². The fraction of sp³-hybridized carbons (Fsp3) is 0.500. The van der Waals surface area contributed by atoms with E-state index >= 15 is 0 Å². The molecule has 1 heterocycles. The van der Waals surface area contributed by atoms with Crippen LogP contribution in [0.5, 0.6) is 0 Å². The third kappa shape index (κ3) is 1.80. The highest BCUT2D eigenvalue weighted by molar-refractivity contribution is 5.92. The zero-order chi connectivity index (χ0) is 10.1. The minimum Gasteiger partial charge on any atom is -0.446 e. The van der Waals surface area contributed by atoms with Crippen molar-refractivity contribution in [1.29, 1.82) is 0 Å². The number of carbonyl (C=O) groups excluding carboxylic acids is 1. The molecule has 1 saturated carbocycles. The third-order valence-corrected chi connectivity index (χ3v) is 2.53. The first-order valence-corrected chi connectivity index (χ1v) is 4.78. The van der Waals surface area contributed by atoms with Crippen molar-refractivity contribution in [2.75, 3.05) is 5.32 Å². The van der Waals surface area contributed by atoms with Gasteiger partial charge in [-0.3, -0.25) is 10.1 Å². The first-order valence-electron chi connectivity index (χ1n) is 4.78. The highest BCUT2D eigenvalue weighted by Crippen LogP contribution is 2.27. The topological polar surface area (TPSA) is 68.3 Å². The van der Waals surface area contributed by atoms with Crippen molar-refractivity contribution in [1.82, 2.24) is 0 Å². The van der Waals surface area contributed by atoms with Gasteiger partial charge in [0, 0.05) is 18.0 Å². The van der Waals surface area contributed by atoms with E-state index in [1.807, 2.05) is 13.0 Å². The molecule has 4 heteroatoms. The Morgan fingerprint density at radius 2 is 2.29 bits per heavy atom. The monoisotopic (exact) mass is 194 g/mol. The number of amides is 1. The summed E-state index contributed by atoms with van der Waals surface area (Å²) in [6.07, 6.45) is 1.57. The fourth-order valence-electron chi connectivity index (χ4n) is 1.60. The van der Waals surface area contributed by atoms with Gasteiger partial charge in [-0.05, 0) is 25.8 Å². The van der Waals surface area contributed by atoms with Crippen LogP contribution in [-0.2, 0) is 4.79 Å². The molecular weight excluding hydrogens is 180 g/mol. The van der Waals surface area contributed by atoms with Crippen LogP contribution < -0.4 is 11.1 Å². The number of furan rings is 1. The maximum Gasteiger partial charge on any atom is 0.229 e. The lowest BCUT2D eigenvalue weighted by Crippen LogP contribution is -2.42. The van der Waals surface area contributed by atoms with Crippen molar-refractivity contribution in [2.45, 2.75) is 25.8 Å². The molecule has 3 N–H and O–H groups in total. The Hall–Kier alpha value is -1.29. The summed E-state index contributed by atoms with van der Waals surface area (Å²) >= 11 is 0. The van der Waals surface area contributed by atoms with Crippen LogP contribution in [-0.4, -0.2) is 11.9 Å². The van der Waals surface area contributed by atoms with Crippen molar-refractivity contribution in [3.05, 3.63) is 17.9 Å². The van der Waals surface area contributed by atoms with Crippen LogP contribution in [0.15, 0.2) is 16.5 Å². The Balaban J connectivity index is 1.89. The normalized spacial score (nSPS) is 25.6. The van der Waals surface area contributed by atoms with Crippen LogP contribution in [0.1, 0.15) is 18.6 Å². The standard InChI is InChI=1S/C10H14N2O2/c1-6-2-3-9(14-6)12-10(13)7-4-8(11)5-7/h2-3,7-8H,4-5,11H2,1H3,(H,12,13). The quantitative estimate of drug-likeness (QED) is 0.744. The minimum absolute atomic E-state index is 0.0149. The first kappa shape index (κ1) is 9.27. The smallest absolute Gasteiger partial charge is 0.229 e. The van der Waals surface area contributed by atoms with Gasteiger partial charge >= 0.3 is 0 Å². The fourth-order valence-corrected chi connectivity index (χ4v) is 1.60. The molecule has 1 fully saturated rings. The van der Waals surface area contributed by atoms with Crippen molar-refractivity contribution in [3.8, 4) is 0 Å². The lowest BCUT2D eigenvalue weighted by molar-refractivity contribution is -0.122. The van der Waals surface area contributed by atoms with Crippen LogP contribution in [0.2, 0.25) is 0 Å². The van der Waals surface area contributed by atoms with Gasteiger partial charge in [-0.25, -0.2) is 0 Å². The van der Waals surface area contributed by atoms with E-state index in [-0.39, 0.29) is 17.9 Å². The van der Waals surface area contributed by atoms with Gasteiger partial charge in [0.15, 0.2) is 5.88 Å². The van der Waals surface area contributed by atoms with Gasteiger partial charge in [0.1, 0.15) is 5.76 Å². The van der Waals surface area contributed by atoms with E-state index in [1.54, 1.807) is 6.07 Å². The predicted molar refractivity (Wildman–Crippen MR) is 52.8 cm³/mol. The van der Waals surface area contributed by atoms with Gasteiger partial charge < -0.3 is 10.2 Å². The van der Waals surface area contributed by atoms with Gasteiger partial charge in [0.05, 0.1) is 0 Å². The molecule has 4 nitrogen and oxygen atoms in total. The van der Waals surface area contributed by atoms with Crippen LogP contribution >= 0.6 is 0 Å². The van der Waals surface area contributed by atoms with Gasteiger partial charge in [0.25, 0.3) is 0 Å². The summed E-state index contributed by atoms with van der Waals surface area (Å²) in [6.45, 7) is 1.84. The number of hydrogen-bond donors (Lipinski definition) is 2. The number of anilines is 1. The van der Waals surface area contributed by atoms with Gasteiger partial charge in [-0.2, -0.15) is 0 Å². The van der Waals surface area contributed by atoms with E-state index in [2.05, 4.69) is 5.32 Å². The summed E-state index contributed by atoms with van der Waals surface area (Å²) in [6, 6.07) is 3.78. The van der Waals surface area contributed by atoms with E-state index in [9.17, 15) is 4.79 Å². The maximum absolute atomic E-state index is 11.5. The second kappa shape index (κ2) is 3.46. The van der Waals surface area contributed by atoms with E-state index in [4.69, 9.17) is 10.2 Å². The van der Waals surface area contributed by atoms with E-state index in [1.165, 1.54) is 0 Å². The minimum atomic E-state index is 0.0149. The Kier molecular flexibility index (Phi) is 2.29. The first-order chi connectivity index (χ1) is 6.65. The molecule has 1 amide bonds. The molecule has 1 aromatic rings. The second-order valence-electron chi connectivity index (χ2n) is 3.83. The SMILES string of the molecule is Cc1ccc(NC(=O)C2CC(N)C2)o1. The van der Waals surface area contributed by atoms with Crippen molar-refractivity contribution in [3.63, 3.8) is 0 Å². The predicted octanol–water partition coefficient (Wildman–Crippen LogP) is 1.26. The van der Waals surface area contributed by atoms with Crippen LogP contribution in [0.4, 0.5) is 5.88 Å². The molecule has 1 aliphatic rings. The average Bonchev–Trinajstić information content (AvgIpc) is 2.45. The van der Waals surface area contributed by atoms with Gasteiger partial charge in [-0.15, -0.1) is 0 Å². The van der Waals surface area contributed by atoms with Crippen molar-refractivity contribution in [2.24, 2.45) is 11.7 Å². The van der Waals surface area contributed by atoms with E-state index < -0.39 is 0 Å². The summed E-state index contributed by atoms with van der Waals surface area (Å²) in [4.78, 5) is 11.5. The van der Waals surface area contributed by atoms with Crippen molar-refractivity contribution >= 4 is 11.8 Å². The molecule has 0 radical (unpaired) electrons. The summed E-state index contributed by atoms with van der Waals surface area (Å²) in [5, 5.41) is 2.72. The Morgan fingerprint density at radius 3 is 2.79 bits per heavy atom. The maximum atomic E-state index is 11.5. The molecule has 1 aliphatic carbocycles. The van der Waals surface area contributed by atoms with Crippen molar-refractivity contribution < 1.29 is 9.21 Å². The van der Waals surface area contributed by atoms with Crippen LogP contribution in [0.25, 0.3) is 0 Å². The molecule has 0 spiro atoms. The largest absolute Gasteiger partial charge is 0.446 e. The molecule has 0 saturated heterocycles. The number of nitrogens with one attached hydrogen (secondary N) is 1. The highest BCUT2D eigenvalue weighted by Gasteiger charge is 2.32. The molecule has 1 aromatic heterocycles. The Morgan fingerprint density at radius 1 is 1.57 bits per heavy atom. The Bertz CT molecular complexity index is 340. The number of nitrogens with two attached hydrogens (primary N) is 1. The number of aryl methyl sites for hydroxylation is 1. The van der Waals surface area contributed by atoms with Gasteiger partial charge in [0.2, 0.25) is 5.91 Å². The van der Waals surface area contributed by atoms with E-state index in [0.717, 1.165) is 18.6 Å². The molecule has 76 valence electrons. The molecule has 14 heavy (non-hydrogen) atoms.